The molecule has 0 aliphatic heterocycles. The molecule has 0 saturated heterocycles. The van der Waals surface area contributed by atoms with Gasteiger partial charge in [-0.15, -0.1) is 5.10 Å². The maximum absolute atomic E-state index is 11.2. The number of carbonyl (C=O) groups is 1. The lowest BCUT2D eigenvalue weighted by Crippen LogP contribution is -2.12. The lowest BCUT2D eigenvalue weighted by molar-refractivity contribution is 0.112. The Morgan fingerprint density at radius 2 is 2.24 bits per heavy atom. The van der Waals surface area contributed by atoms with Gasteiger partial charge in [-0.25, -0.2) is 9.89 Å². The van der Waals surface area contributed by atoms with Gasteiger partial charge in [-0.3, -0.25) is 9.36 Å². The third-order valence-corrected chi connectivity index (χ3v) is 3.45. The van der Waals surface area contributed by atoms with Gasteiger partial charge in [0.05, 0.1) is 0 Å². The first kappa shape index (κ1) is 11.7. The molecule has 1 aromatic heterocycles. The van der Waals surface area contributed by atoms with Gasteiger partial charge in [-0.2, -0.15) is 0 Å². The number of nitrogens with zero attached hydrogens (tertiary/aromatic N) is 2. The van der Waals surface area contributed by atoms with E-state index in [1.807, 2.05) is 19.1 Å². The van der Waals surface area contributed by atoms with E-state index in [1.54, 1.807) is 13.1 Å². The van der Waals surface area contributed by atoms with Crippen molar-refractivity contribution >= 4 is 18.0 Å². The molecular formula is C11H11N3O2S. The van der Waals surface area contributed by atoms with Gasteiger partial charge >= 0.3 is 5.69 Å². The Labute approximate surface area is 102 Å². The second kappa shape index (κ2) is 4.58. The number of nitrogens with one attached hydrogen (secondary N) is 1. The highest BCUT2D eigenvalue weighted by Crippen LogP contribution is 2.26. The quantitative estimate of drug-likeness (QED) is 0.834. The fourth-order valence-corrected chi connectivity index (χ4v) is 2.27. The van der Waals surface area contributed by atoms with E-state index >= 15 is 0 Å². The zero-order valence-corrected chi connectivity index (χ0v) is 10.2. The molecule has 0 atom stereocenters. The Morgan fingerprint density at radius 1 is 1.47 bits per heavy atom. The van der Waals surface area contributed by atoms with Gasteiger partial charge < -0.3 is 0 Å². The minimum atomic E-state index is -0.242. The van der Waals surface area contributed by atoms with Crippen LogP contribution in [0.1, 0.15) is 15.9 Å². The summed E-state index contributed by atoms with van der Waals surface area (Å²) in [5.41, 5.74) is 1.34. The average molecular weight is 249 g/mol. The molecule has 0 spiro atoms. The summed E-state index contributed by atoms with van der Waals surface area (Å²) >= 11 is 1.37. The van der Waals surface area contributed by atoms with Gasteiger partial charge in [-0.05, 0) is 36.4 Å². The summed E-state index contributed by atoms with van der Waals surface area (Å²) in [7, 11) is 1.65. The summed E-state index contributed by atoms with van der Waals surface area (Å²) in [5.74, 6) is 0. The Morgan fingerprint density at radius 3 is 2.76 bits per heavy atom. The molecule has 0 unspecified atom stereocenters. The van der Waals surface area contributed by atoms with Gasteiger partial charge in [0.2, 0.25) is 0 Å². The maximum Gasteiger partial charge on any atom is 0.343 e. The van der Waals surface area contributed by atoms with E-state index in [0.29, 0.717) is 10.7 Å². The Bertz CT molecular complexity index is 615. The maximum atomic E-state index is 11.2. The fraction of sp³-hybridized carbons (Fsp3) is 0.182. The number of aldehydes is 1. The molecule has 0 aliphatic rings. The first-order valence-corrected chi connectivity index (χ1v) is 5.78. The molecule has 5 nitrogen and oxygen atoms in total. The van der Waals surface area contributed by atoms with Crippen molar-refractivity contribution in [2.45, 2.75) is 17.0 Å². The van der Waals surface area contributed by atoms with Gasteiger partial charge in [0, 0.05) is 17.5 Å². The van der Waals surface area contributed by atoms with Crippen LogP contribution in [0.25, 0.3) is 0 Å². The molecular weight excluding hydrogens is 238 g/mol. The van der Waals surface area contributed by atoms with Gasteiger partial charge in [0.25, 0.3) is 0 Å². The lowest BCUT2D eigenvalue weighted by Gasteiger charge is -2.03. The predicted octanol–water partition coefficient (Wildman–Crippen LogP) is 1.38. The monoisotopic (exact) mass is 249 g/mol. The Kier molecular flexibility index (Phi) is 3.14. The molecule has 0 saturated carbocycles. The molecule has 1 heterocycles. The zero-order valence-electron chi connectivity index (χ0n) is 9.43. The van der Waals surface area contributed by atoms with E-state index in [-0.39, 0.29) is 5.69 Å². The summed E-state index contributed by atoms with van der Waals surface area (Å²) < 4.78 is 1.44. The standard InChI is InChI=1S/C11H11N3O2S/c1-7-5-9(4-3-8(7)6-15)17-11-13-12-10(16)14(11)2/h3-6H,1-2H3,(H,12,16). The summed E-state index contributed by atoms with van der Waals surface area (Å²) in [6.45, 7) is 1.87. The molecule has 2 aromatic rings. The van der Waals surface area contributed by atoms with Crippen LogP contribution in [0.5, 0.6) is 0 Å². The van der Waals surface area contributed by atoms with Crippen LogP contribution in [-0.4, -0.2) is 21.1 Å². The highest BCUT2D eigenvalue weighted by Gasteiger charge is 2.07. The molecule has 0 radical (unpaired) electrons. The summed E-state index contributed by atoms with van der Waals surface area (Å²) in [6.07, 6.45) is 0.827. The largest absolute Gasteiger partial charge is 0.343 e. The van der Waals surface area contributed by atoms with Crippen molar-refractivity contribution in [3.63, 3.8) is 0 Å². The van der Waals surface area contributed by atoms with Gasteiger partial charge in [-0.1, -0.05) is 6.07 Å². The third-order valence-electron chi connectivity index (χ3n) is 2.42. The van der Waals surface area contributed by atoms with Gasteiger partial charge in [0.1, 0.15) is 6.29 Å². The number of benzene rings is 1. The summed E-state index contributed by atoms with van der Waals surface area (Å²) in [6, 6.07) is 5.49. The van der Waals surface area contributed by atoms with Crippen molar-refractivity contribution in [2.75, 3.05) is 0 Å². The first-order valence-electron chi connectivity index (χ1n) is 4.97. The number of hydrogen-bond donors (Lipinski definition) is 1. The number of H-pyrrole nitrogens is 1. The van der Waals surface area contributed by atoms with Crippen LogP contribution in [0.3, 0.4) is 0 Å². The molecule has 0 amide bonds. The highest BCUT2D eigenvalue weighted by atomic mass is 32.2. The number of aryl methyl sites for hydroxylation is 1. The van der Waals surface area contributed by atoms with E-state index in [9.17, 15) is 9.59 Å². The molecule has 1 N–H and O–H groups in total. The summed E-state index contributed by atoms with van der Waals surface area (Å²) in [4.78, 5) is 22.8. The molecule has 6 heteroatoms. The smallest absolute Gasteiger partial charge is 0.298 e. The molecule has 88 valence electrons. The van der Waals surface area contributed by atoms with Crippen LogP contribution in [0.2, 0.25) is 0 Å². The number of aromatic amines is 1. The van der Waals surface area contributed by atoms with Crippen LogP contribution in [0.15, 0.2) is 33.0 Å². The average Bonchev–Trinajstić information content (AvgIpc) is 2.61. The van der Waals surface area contributed by atoms with E-state index < -0.39 is 0 Å². The van der Waals surface area contributed by atoms with Crippen molar-refractivity contribution < 1.29 is 4.79 Å². The van der Waals surface area contributed by atoms with Crippen molar-refractivity contribution in [3.8, 4) is 0 Å². The molecule has 0 bridgehead atoms. The van der Waals surface area contributed by atoms with Crippen molar-refractivity contribution in [1.29, 1.82) is 0 Å². The van der Waals surface area contributed by atoms with Crippen LogP contribution >= 0.6 is 11.8 Å². The highest BCUT2D eigenvalue weighted by molar-refractivity contribution is 7.99. The fourth-order valence-electron chi connectivity index (χ4n) is 1.37. The minimum Gasteiger partial charge on any atom is -0.298 e. The van der Waals surface area contributed by atoms with Crippen LogP contribution < -0.4 is 5.69 Å². The zero-order chi connectivity index (χ0) is 12.4. The molecule has 1 aromatic carbocycles. The number of hydrogen-bond acceptors (Lipinski definition) is 4. The summed E-state index contributed by atoms with van der Waals surface area (Å²) in [5, 5.41) is 6.87. The van der Waals surface area contributed by atoms with E-state index in [0.717, 1.165) is 16.7 Å². The van der Waals surface area contributed by atoms with Crippen LogP contribution in [0, 0.1) is 6.92 Å². The number of carbonyl (C=O) groups excluding carboxylic acids is 1. The number of rotatable bonds is 3. The van der Waals surface area contributed by atoms with Gasteiger partial charge in [0.15, 0.2) is 5.16 Å². The number of aromatic nitrogens is 3. The van der Waals surface area contributed by atoms with E-state index in [2.05, 4.69) is 10.2 Å². The Balaban J connectivity index is 2.31. The Hall–Kier alpha value is -1.82. The normalized spacial score (nSPS) is 10.5. The molecule has 0 aliphatic carbocycles. The SMILES string of the molecule is Cc1cc(Sc2n[nH]c(=O)n2C)ccc1C=O. The van der Waals surface area contributed by atoms with E-state index in [1.165, 1.54) is 16.3 Å². The lowest BCUT2D eigenvalue weighted by atomic mass is 10.1. The van der Waals surface area contributed by atoms with E-state index in [4.69, 9.17) is 0 Å². The third kappa shape index (κ3) is 2.31. The second-order valence-electron chi connectivity index (χ2n) is 3.61. The molecule has 0 fully saturated rings. The predicted molar refractivity (Wildman–Crippen MR) is 64.5 cm³/mol. The van der Waals surface area contributed by atoms with Crippen molar-refractivity contribution in [1.82, 2.24) is 14.8 Å². The second-order valence-corrected chi connectivity index (χ2v) is 4.65. The molecule has 2 rings (SSSR count). The van der Waals surface area contributed by atoms with Crippen molar-refractivity contribution in [3.05, 3.63) is 39.8 Å². The van der Waals surface area contributed by atoms with Crippen LogP contribution in [-0.2, 0) is 7.05 Å². The molecule has 17 heavy (non-hydrogen) atoms. The minimum absolute atomic E-state index is 0.242. The topological polar surface area (TPSA) is 67.8 Å². The van der Waals surface area contributed by atoms with Crippen molar-refractivity contribution in [2.24, 2.45) is 7.05 Å². The van der Waals surface area contributed by atoms with Crippen LogP contribution in [0.4, 0.5) is 0 Å². The first-order chi connectivity index (χ1) is 8.11.